The maximum absolute atomic E-state index is 5.92. The van der Waals surface area contributed by atoms with Gasteiger partial charge in [-0.25, -0.2) is 4.98 Å². The molecule has 0 unspecified atom stereocenters. The third kappa shape index (κ3) is 2.70. The lowest BCUT2D eigenvalue weighted by molar-refractivity contribution is 1.14. The van der Waals surface area contributed by atoms with Gasteiger partial charge in [0.2, 0.25) is 0 Å². The van der Waals surface area contributed by atoms with E-state index in [4.69, 9.17) is 11.6 Å². The summed E-state index contributed by atoms with van der Waals surface area (Å²) in [6, 6.07) is 13.9. The van der Waals surface area contributed by atoms with E-state index < -0.39 is 0 Å². The molecule has 2 aromatic rings. The fraction of sp³-hybridized carbons (Fsp3) is 0.0833. The number of benzene rings is 1. The number of nitrogens with zero attached hydrogens (tertiary/aromatic N) is 1. The van der Waals surface area contributed by atoms with Gasteiger partial charge in [0, 0.05) is 12.7 Å². The average Bonchev–Trinajstić information content (AvgIpc) is 2.29. The minimum absolute atomic E-state index is 0.508. The molecule has 0 aliphatic heterocycles. The van der Waals surface area contributed by atoms with Gasteiger partial charge in [0.25, 0.3) is 0 Å². The number of hydrogen-bond acceptors (Lipinski definition) is 2. The first kappa shape index (κ1) is 9.99. The van der Waals surface area contributed by atoms with E-state index in [9.17, 15) is 0 Å². The topological polar surface area (TPSA) is 24.9 Å². The van der Waals surface area contributed by atoms with Gasteiger partial charge in [0.1, 0.15) is 0 Å². The van der Waals surface area contributed by atoms with Crippen LogP contribution in [0.2, 0.25) is 5.15 Å². The minimum atomic E-state index is 0.508. The molecule has 3 heteroatoms. The summed E-state index contributed by atoms with van der Waals surface area (Å²) in [4.78, 5) is 3.99. The van der Waals surface area contributed by atoms with Crippen molar-refractivity contribution in [3.8, 4) is 0 Å². The molecule has 76 valence electrons. The van der Waals surface area contributed by atoms with E-state index in [-0.39, 0.29) is 0 Å². The van der Waals surface area contributed by atoms with Crippen LogP contribution in [0.3, 0.4) is 0 Å². The highest BCUT2D eigenvalue weighted by molar-refractivity contribution is 6.31. The van der Waals surface area contributed by atoms with E-state index in [2.05, 4.69) is 22.4 Å². The van der Waals surface area contributed by atoms with Gasteiger partial charge in [-0.3, -0.25) is 0 Å². The van der Waals surface area contributed by atoms with Crippen LogP contribution >= 0.6 is 11.6 Å². The molecule has 1 aromatic carbocycles. The quantitative estimate of drug-likeness (QED) is 0.800. The molecule has 1 N–H and O–H groups in total. The molecule has 0 saturated carbocycles. The molecule has 0 spiro atoms. The number of aromatic nitrogens is 1. The summed E-state index contributed by atoms with van der Waals surface area (Å²) < 4.78 is 0. The number of nitrogens with one attached hydrogen (secondary N) is 1. The van der Waals surface area contributed by atoms with Gasteiger partial charge < -0.3 is 5.32 Å². The Labute approximate surface area is 93.9 Å². The molecule has 15 heavy (non-hydrogen) atoms. The Hall–Kier alpha value is -1.54. The molecular formula is C12H11ClN2. The number of pyridine rings is 1. The van der Waals surface area contributed by atoms with Gasteiger partial charge in [-0.1, -0.05) is 41.9 Å². The summed E-state index contributed by atoms with van der Waals surface area (Å²) in [5, 5.41) is 3.74. The second-order valence-electron chi connectivity index (χ2n) is 3.18. The Balaban J connectivity index is 2.03. The average molecular weight is 219 g/mol. The van der Waals surface area contributed by atoms with E-state index in [0.29, 0.717) is 5.15 Å². The minimum Gasteiger partial charge on any atom is -0.378 e. The Morgan fingerprint density at radius 3 is 2.60 bits per heavy atom. The molecule has 0 aliphatic rings. The van der Waals surface area contributed by atoms with Gasteiger partial charge >= 0.3 is 0 Å². The molecule has 1 aromatic heterocycles. The zero-order chi connectivity index (χ0) is 10.5. The van der Waals surface area contributed by atoms with Crippen molar-refractivity contribution in [1.29, 1.82) is 0 Å². The smallest absolute Gasteiger partial charge is 0.152 e. The van der Waals surface area contributed by atoms with Crippen LogP contribution in [0.15, 0.2) is 48.7 Å². The maximum atomic E-state index is 5.92. The molecule has 0 bridgehead atoms. The number of hydrogen-bond donors (Lipinski definition) is 1. The summed E-state index contributed by atoms with van der Waals surface area (Å²) >= 11 is 5.92. The number of rotatable bonds is 3. The van der Waals surface area contributed by atoms with E-state index in [1.165, 1.54) is 5.56 Å². The second kappa shape index (κ2) is 4.80. The number of halogens is 1. The first-order valence-corrected chi connectivity index (χ1v) is 5.12. The highest BCUT2D eigenvalue weighted by atomic mass is 35.5. The summed E-state index contributed by atoms with van der Waals surface area (Å²) in [6.45, 7) is 0.756. The standard InChI is InChI=1S/C12H11ClN2/c13-12-11(7-4-8-14-12)15-9-10-5-2-1-3-6-10/h1-8,15H,9H2. The highest BCUT2D eigenvalue weighted by Gasteiger charge is 1.98. The normalized spacial score (nSPS) is 9.93. The molecule has 0 radical (unpaired) electrons. The van der Waals surface area contributed by atoms with Gasteiger partial charge in [0.05, 0.1) is 5.69 Å². The molecule has 1 heterocycles. The van der Waals surface area contributed by atoms with Crippen LogP contribution in [0, 0.1) is 0 Å². The van der Waals surface area contributed by atoms with Crippen LogP contribution in [0.5, 0.6) is 0 Å². The summed E-state index contributed by atoms with van der Waals surface area (Å²) in [5.74, 6) is 0. The molecule has 0 amide bonds. The van der Waals surface area contributed by atoms with Crippen LogP contribution in [-0.2, 0) is 6.54 Å². The van der Waals surface area contributed by atoms with Crippen LogP contribution in [-0.4, -0.2) is 4.98 Å². The molecule has 0 fully saturated rings. The largest absolute Gasteiger partial charge is 0.378 e. The highest BCUT2D eigenvalue weighted by Crippen LogP contribution is 2.18. The van der Waals surface area contributed by atoms with E-state index in [0.717, 1.165) is 12.2 Å². The molecular weight excluding hydrogens is 208 g/mol. The zero-order valence-corrected chi connectivity index (χ0v) is 8.91. The maximum Gasteiger partial charge on any atom is 0.152 e. The van der Waals surface area contributed by atoms with E-state index in [1.807, 2.05) is 30.3 Å². The van der Waals surface area contributed by atoms with Gasteiger partial charge in [-0.05, 0) is 17.7 Å². The van der Waals surface area contributed by atoms with Gasteiger partial charge in [-0.15, -0.1) is 0 Å². The monoisotopic (exact) mass is 218 g/mol. The van der Waals surface area contributed by atoms with Gasteiger partial charge in [0.15, 0.2) is 5.15 Å². The molecule has 2 nitrogen and oxygen atoms in total. The molecule has 0 aliphatic carbocycles. The van der Waals surface area contributed by atoms with Crippen molar-refractivity contribution in [3.05, 3.63) is 59.4 Å². The lowest BCUT2D eigenvalue weighted by Crippen LogP contribution is -1.99. The van der Waals surface area contributed by atoms with Crippen molar-refractivity contribution in [3.63, 3.8) is 0 Å². The van der Waals surface area contributed by atoms with E-state index >= 15 is 0 Å². The van der Waals surface area contributed by atoms with Crippen LogP contribution in [0.4, 0.5) is 5.69 Å². The van der Waals surface area contributed by atoms with Crippen molar-refractivity contribution in [2.45, 2.75) is 6.54 Å². The van der Waals surface area contributed by atoms with Crippen LogP contribution < -0.4 is 5.32 Å². The fourth-order valence-electron chi connectivity index (χ4n) is 1.31. The van der Waals surface area contributed by atoms with Gasteiger partial charge in [-0.2, -0.15) is 0 Å². The predicted molar refractivity (Wildman–Crippen MR) is 63.0 cm³/mol. The van der Waals surface area contributed by atoms with Crippen molar-refractivity contribution in [2.75, 3.05) is 5.32 Å². The number of anilines is 1. The van der Waals surface area contributed by atoms with E-state index in [1.54, 1.807) is 6.20 Å². The molecule has 0 saturated heterocycles. The SMILES string of the molecule is Clc1ncccc1NCc1ccccc1. The van der Waals surface area contributed by atoms with Crippen molar-refractivity contribution in [1.82, 2.24) is 4.98 Å². The molecule has 2 rings (SSSR count). The summed E-state index contributed by atoms with van der Waals surface area (Å²) in [6.07, 6.45) is 1.68. The first-order valence-electron chi connectivity index (χ1n) is 4.74. The molecule has 0 atom stereocenters. The lowest BCUT2D eigenvalue weighted by atomic mass is 10.2. The Morgan fingerprint density at radius 2 is 1.87 bits per heavy atom. The zero-order valence-electron chi connectivity index (χ0n) is 8.15. The Kier molecular flexibility index (Phi) is 3.20. The second-order valence-corrected chi connectivity index (χ2v) is 3.54. The predicted octanol–water partition coefficient (Wildman–Crippen LogP) is 3.35. The Bertz CT molecular complexity index is 429. The first-order chi connectivity index (χ1) is 7.36. The third-order valence-corrected chi connectivity index (χ3v) is 2.39. The van der Waals surface area contributed by atoms with Crippen LogP contribution in [0.1, 0.15) is 5.56 Å². The lowest BCUT2D eigenvalue weighted by Gasteiger charge is -2.06. The van der Waals surface area contributed by atoms with Crippen LogP contribution in [0.25, 0.3) is 0 Å². The van der Waals surface area contributed by atoms with Crippen molar-refractivity contribution in [2.24, 2.45) is 0 Å². The Morgan fingerprint density at radius 1 is 1.07 bits per heavy atom. The summed E-state index contributed by atoms with van der Waals surface area (Å²) in [7, 11) is 0. The van der Waals surface area contributed by atoms with Crippen molar-refractivity contribution < 1.29 is 0 Å². The third-order valence-electron chi connectivity index (χ3n) is 2.08. The summed E-state index contributed by atoms with van der Waals surface area (Å²) in [5.41, 5.74) is 2.08. The fourth-order valence-corrected chi connectivity index (χ4v) is 1.50. The van der Waals surface area contributed by atoms with Crippen molar-refractivity contribution >= 4 is 17.3 Å².